The average molecular weight is 201 g/mol. The molecule has 2 heteroatoms. The molecule has 1 atom stereocenters. The van der Waals surface area contributed by atoms with Crippen LogP contribution in [0.3, 0.4) is 0 Å². The standard InChI is InChI=1S/C13H15NO/c1-2-15-10-6-9-13(11-14)12-7-4-3-5-8-12/h3-8,10,13H,2,9H2,1H3/b10-6-. The number of nitriles is 1. The van der Waals surface area contributed by atoms with Crippen molar-refractivity contribution in [2.24, 2.45) is 0 Å². The highest BCUT2D eigenvalue weighted by molar-refractivity contribution is 5.25. The highest BCUT2D eigenvalue weighted by Crippen LogP contribution is 2.18. The largest absolute Gasteiger partial charge is 0.502 e. The monoisotopic (exact) mass is 201 g/mol. The molecule has 0 aliphatic heterocycles. The SMILES string of the molecule is CCO/C=C\CC(C#N)c1ccccc1. The lowest BCUT2D eigenvalue weighted by Crippen LogP contribution is -1.93. The van der Waals surface area contributed by atoms with Gasteiger partial charge in [-0.3, -0.25) is 0 Å². The maximum atomic E-state index is 9.01. The molecule has 0 radical (unpaired) electrons. The van der Waals surface area contributed by atoms with Gasteiger partial charge >= 0.3 is 0 Å². The van der Waals surface area contributed by atoms with Gasteiger partial charge in [0.1, 0.15) is 0 Å². The lowest BCUT2D eigenvalue weighted by molar-refractivity contribution is 0.268. The predicted molar refractivity (Wildman–Crippen MR) is 60.2 cm³/mol. The van der Waals surface area contributed by atoms with Gasteiger partial charge in [-0.15, -0.1) is 0 Å². The van der Waals surface area contributed by atoms with Crippen LogP contribution in [0.25, 0.3) is 0 Å². The van der Waals surface area contributed by atoms with Gasteiger partial charge in [-0.05, 0) is 25.0 Å². The van der Waals surface area contributed by atoms with Gasteiger partial charge in [0.2, 0.25) is 0 Å². The van der Waals surface area contributed by atoms with Gasteiger partial charge in [0.15, 0.2) is 0 Å². The first-order chi connectivity index (χ1) is 7.38. The summed E-state index contributed by atoms with van der Waals surface area (Å²) in [7, 11) is 0. The van der Waals surface area contributed by atoms with E-state index >= 15 is 0 Å². The van der Waals surface area contributed by atoms with Gasteiger partial charge in [-0.2, -0.15) is 5.26 Å². The molecular weight excluding hydrogens is 186 g/mol. The van der Waals surface area contributed by atoms with Crippen molar-refractivity contribution in [1.82, 2.24) is 0 Å². The molecule has 0 fully saturated rings. The normalized spacial score (nSPS) is 12.3. The highest BCUT2D eigenvalue weighted by atomic mass is 16.5. The van der Waals surface area contributed by atoms with Crippen molar-refractivity contribution in [1.29, 1.82) is 5.26 Å². The number of nitrogens with zero attached hydrogens (tertiary/aromatic N) is 1. The fourth-order valence-electron chi connectivity index (χ4n) is 1.30. The summed E-state index contributed by atoms with van der Waals surface area (Å²) in [4.78, 5) is 0. The summed E-state index contributed by atoms with van der Waals surface area (Å²) in [6.45, 7) is 2.60. The highest BCUT2D eigenvalue weighted by Gasteiger charge is 2.06. The molecule has 0 heterocycles. The molecular formula is C13H15NO. The molecule has 0 saturated carbocycles. The summed E-state index contributed by atoms with van der Waals surface area (Å²) in [6.07, 6.45) is 4.25. The Balaban J connectivity index is 2.55. The Morgan fingerprint density at radius 2 is 2.13 bits per heavy atom. The molecule has 0 aromatic heterocycles. The number of hydrogen-bond donors (Lipinski definition) is 0. The van der Waals surface area contributed by atoms with E-state index in [-0.39, 0.29) is 5.92 Å². The van der Waals surface area contributed by atoms with E-state index in [1.807, 2.05) is 43.3 Å². The Hall–Kier alpha value is -1.75. The van der Waals surface area contributed by atoms with E-state index in [1.54, 1.807) is 6.26 Å². The average Bonchev–Trinajstić information content (AvgIpc) is 2.30. The molecule has 0 aliphatic carbocycles. The van der Waals surface area contributed by atoms with Crippen molar-refractivity contribution >= 4 is 0 Å². The van der Waals surface area contributed by atoms with Crippen LogP contribution in [0.4, 0.5) is 0 Å². The van der Waals surface area contributed by atoms with E-state index in [0.717, 1.165) is 5.56 Å². The van der Waals surface area contributed by atoms with E-state index in [1.165, 1.54) is 0 Å². The van der Waals surface area contributed by atoms with Gasteiger partial charge < -0.3 is 4.74 Å². The van der Waals surface area contributed by atoms with Crippen LogP contribution in [0.15, 0.2) is 42.7 Å². The van der Waals surface area contributed by atoms with E-state index in [4.69, 9.17) is 10.00 Å². The van der Waals surface area contributed by atoms with Crippen LogP contribution in [0, 0.1) is 11.3 Å². The predicted octanol–water partition coefficient (Wildman–Crippen LogP) is 3.23. The zero-order chi connectivity index (χ0) is 10.9. The van der Waals surface area contributed by atoms with Crippen LogP contribution in [0.2, 0.25) is 0 Å². The van der Waals surface area contributed by atoms with Gasteiger partial charge in [0.25, 0.3) is 0 Å². The second-order valence-electron chi connectivity index (χ2n) is 3.16. The van der Waals surface area contributed by atoms with Gasteiger partial charge in [-0.25, -0.2) is 0 Å². The smallest absolute Gasteiger partial charge is 0.0845 e. The number of allylic oxidation sites excluding steroid dienone is 1. The summed E-state index contributed by atoms with van der Waals surface area (Å²) in [5, 5.41) is 9.01. The molecule has 78 valence electrons. The lowest BCUT2D eigenvalue weighted by Gasteiger charge is -2.05. The minimum absolute atomic E-state index is 0.0806. The van der Waals surface area contributed by atoms with Crippen molar-refractivity contribution in [3.05, 3.63) is 48.2 Å². The van der Waals surface area contributed by atoms with Crippen molar-refractivity contribution < 1.29 is 4.74 Å². The first-order valence-corrected chi connectivity index (χ1v) is 5.09. The lowest BCUT2D eigenvalue weighted by atomic mass is 9.97. The molecule has 0 bridgehead atoms. The Kier molecular flexibility index (Phi) is 5.03. The van der Waals surface area contributed by atoms with Crippen molar-refractivity contribution in [3.8, 4) is 6.07 Å². The fraction of sp³-hybridized carbons (Fsp3) is 0.308. The third kappa shape index (κ3) is 3.86. The Labute approximate surface area is 90.8 Å². The van der Waals surface area contributed by atoms with E-state index < -0.39 is 0 Å². The minimum atomic E-state index is -0.0806. The van der Waals surface area contributed by atoms with Crippen LogP contribution in [0.5, 0.6) is 0 Å². The molecule has 1 unspecified atom stereocenters. The van der Waals surface area contributed by atoms with E-state index in [2.05, 4.69) is 6.07 Å². The number of hydrogen-bond acceptors (Lipinski definition) is 2. The van der Waals surface area contributed by atoms with E-state index in [0.29, 0.717) is 13.0 Å². The molecule has 2 nitrogen and oxygen atoms in total. The van der Waals surface area contributed by atoms with Gasteiger partial charge in [0, 0.05) is 0 Å². The molecule has 0 amide bonds. The van der Waals surface area contributed by atoms with Crippen molar-refractivity contribution in [2.75, 3.05) is 6.61 Å². The number of rotatable bonds is 5. The molecule has 1 aromatic carbocycles. The molecule has 0 N–H and O–H groups in total. The van der Waals surface area contributed by atoms with Gasteiger partial charge in [0.05, 0.1) is 24.9 Å². The number of benzene rings is 1. The van der Waals surface area contributed by atoms with Crippen molar-refractivity contribution in [3.63, 3.8) is 0 Å². The van der Waals surface area contributed by atoms with Crippen LogP contribution < -0.4 is 0 Å². The first kappa shape index (κ1) is 11.3. The second kappa shape index (κ2) is 6.67. The second-order valence-corrected chi connectivity index (χ2v) is 3.16. The maximum Gasteiger partial charge on any atom is 0.0845 e. The third-order valence-electron chi connectivity index (χ3n) is 2.09. The summed E-state index contributed by atoms with van der Waals surface area (Å²) < 4.78 is 5.07. The van der Waals surface area contributed by atoms with Crippen LogP contribution >= 0.6 is 0 Å². The minimum Gasteiger partial charge on any atom is -0.502 e. The van der Waals surface area contributed by atoms with Crippen LogP contribution in [0.1, 0.15) is 24.8 Å². The summed E-state index contributed by atoms with van der Waals surface area (Å²) >= 11 is 0. The first-order valence-electron chi connectivity index (χ1n) is 5.09. The Morgan fingerprint density at radius 1 is 1.40 bits per heavy atom. The van der Waals surface area contributed by atoms with E-state index in [9.17, 15) is 0 Å². The van der Waals surface area contributed by atoms with Crippen LogP contribution in [-0.4, -0.2) is 6.61 Å². The molecule has 15 heavy (non-hydrogen) atoms. The molecule has 1 rings (SSSR count). The Bertz CT molecular complexity index is 337. The Morgan fingerprint density at radius 3 is 2.73 bits per heavy atom. The summed E-state index contributed by atoms with van der Waals surface area (Å²) in [5.74, 6) is -0.0806. The summed E-state index contributed by atoms with van der Waals surface area (Å²) in [6, 6.07) is 12.1. The summed E-state index contributed by atoms with van der Waals surface area (Å²) in [5.41, 5.74) is 1.06. The zero-order valence-electron chi connectivity index (χ0n) is 8.89. The fourth-order valence-corrected chi connectivity index (χ4v) is 1.30. The zero-order valence-corrected chi connectivity index (χ0v) is 8.89. The van der Waals surface area contributed by atoms with Crippen LogP contribution in [-0.2, 0) is 4.74 Å². The molecule has 0 aliphatic rings. The third-order valence-corrected chi connectivity index (χ3v) is 2.09. The van der Waals surface area contributed by atoms with Crippen molar-refractivity contribution in [2.45, 2.75) is 19.3 Å². The van der Waals surface area contributed by atoms with Gasteiger partial charge in [-0.1, -0.05) is 30.3 Å². The topological polar surface area (TPSA) is 33.0 Å². The molecule has 0 saturated heterocycles. The maximum absolute atomic E-state index is 9.01. The quantitative estimate of drug-likeness (QED) is 0.685. The molecule has 1 aromatic rings. The number of ether oxygens (including phenoxy) is 1. The molecule has 0 spiro atoms.